The highest BCUT2D eigenvalue weighted by molar-refractivity contribution is 6.11. The fourth-order valence-corrected chi connectivity index (χ4v) is 4.53. The van der Waals surface area contributed by atoms with E-state index in [1.807, 2.05) is 60.7 Å². The first kappa shape index (κ1) is 20.8. The quantitative estimate of drug-likeness (QED) is 0.596. The summed E-state index contributed by atoms with van der Waals surface area (Å²) < 4.78 is 5.65. The van der Waals surface area contributed by atoms with Crippen LogP contribution in [0.4, 0.5) is 4.79 Å². The SMILES string of the molecule is O=C(CN1C(=O)NC(c2ccccc2)(c2ccccc2)C1=O)NC1CCOc2ccccc21. The van der Waals surface area contributed by atoms with Crippen LogP contribution < -0.4 is 15.4 Å². The average Bonchev–Trinajstić information content (AvgIpc) is 3.11. The van der Waals surface area contributed by atoms with E-state index in [0.29, 0.717) is 24.2 Å². The van der Waals surface area contributed by atoms with Crippen LogP contribution in [-0.2, 0) is 15.1 Å². The first-order valence-corrected chi connectivity index (χ1v) is 10.9. The number of urea groups is 1. The van der Waals surface area contributed by atoms with Gasteiger partial charge in [-0.05, 0) is 17.2 Å². The number of benzene rings is 3. The van der Waals surface area contributed by atoms with E-state index in [1.165, 1.54) is 0 Å². The van der Waals surface area contributed by atoms with Gasteiger partial charge in [-0.3, -0.25) is 14.5 Å². The maximum atomic E-state index is 13.7. The topological polar surface area (TPSA) is 87.7 Å². The second-order valence-electron chi connectivity index (χ2n) is 8.10. The summed E-state index contributed by atoms with van der Waals surface area (Å²) in [7, 11) is 0. The minimum atomic E-state index is -1.38. The van der Waals surface area contributed by atoms with Crippen molar-refractivity contribution in [2.24, 2.45) is 0 Å². The third kappa shape index (κ3) is 3.61. The summed E-state index contributed by atoms with van der Waals surface area (Å²) in [5.74, 6) is -0.152. The molecule has 0 aromatic heterocycles. The Kier molecular flexibility index (Phi) is 5.30. The van der Waals surface area contributed by atoms with Crippen molar-refractivity contribution in [3.05, 3.63) is 102 Å². The van der Waals surface area contributed by atoms with Gasteiger partial charge in [-0.2, -0.15) is 0 Å². The Labute approximate surface area is 191 Å². The van der Waals surface area contributed by atoms with Gasteiger partial charge >= 0.3 is 6.03 Å². The van der Waals surface area contributed by atoms with Crippen molar-refractivity contribution in [1.29, 1.82) is 0 Å². The van der Waals surface area contributed by atoms with E-state index in [2.05, 4.69) is 10.6 Å². The van der Waals surface area contributed by atoms with Crippen molar-refractivity contribution in [3.63, 3.8) is 0 Å². The lowest BCUT2D eigenvalue weighted by Crippen LogP contribution is -2.46. The molecule has 2 N–H and O–H groups in total. The van der Waals surface area contributed by atoms with Crippen LogP contribution in [0.1, 0.15) is 29.2 Å². The van der Waals surface area contributed by atoms with Crippen molar-refractivity contribution in [2.45, 2.75) is 18.0 Å². The van der Waals surface area contributed by atoms with E-state index in [9.17, 15) is 14.4 Å². The van der Waals surface area contributed by atoms with Crippen molar-refractivity contribution >= 4 is 17.8 Å². The molecule has 2 heterocycles. The zero-order valence-electron chi connectivity index (χ0n) is 17.9. The molecule has 4 amide bonds. The number of para-hydroxylation sites is 1. The Bertz CT molecular complexity index is 1160. The molecule has 0 bridgehead atoms. The zero-order chi connectivity index (χ0) is 22.8. The molecule has 2 aliphatic rings. The molecule has 0 saturated carbocycles. The lowest BCUT2D eigenvalue weighted by Gasteiger charge is -2.28. The molecule has 7 nitrogen and oxygen atoms in total. The Morgan fingerprint density at radius 1 is 0.939 bits per heavy atom. The zero-order valence-corrected chi connectivity index (χ0v) is 17.9. The van der Waals surface area contributed by atoms with E-state index in [0.717, 1.165) is 16.2 Å². The molecule has 1 unspecified atom stereocenters. The van der Waals surface area contributed by atoms with E-state index in [-0.39, 0.29) is 12.6 Å². The molecule has 0 spiro atoms. The first-order valence-electron chi connectivity index (χ1n) is 10.9. The van der Waals surface area contributed by atoms with Crippen molar-refractivity contribution in [2.75, 3.05) is 13.2 Å². The van der Waals surface area contributed by atoms with Gasteiger partial charge in [0.1, 0.15) is 12.3 Å². The monoisotopic (exact) mass is 441 g/mol. The molecule has 0 aliphatic carbocycles. The summed E-state index contributed by atoms with van der Waals surface area (Å²) in [6.07, 6.45) is 0.612. The van der Waals surface area contributed by atoms with Crippen LogP contribution in [0.5, 0.6) is 5.75 Å². The molecule has 3 aromatic rings. The summed E-state index contributed by atoms with van der Waals surface area (Å²) in [6.45, 7) is 0.113. The number of nitrogens with zero attached hydrogens (tertiary/aromatic N) is 1. The number of nitrogens with one attached hydrogen (secondary N) is 2. The van der Waals surface area contributed by atoms with E-state index < -0.39 is 23.4 Å². The molecule has 1 fully saturated rings. The molecule has 0 radical (unpaired) electrons. The Hall–Kier alpha value is -4.13. The van der Waals surface area contributed by atoms with Gasteiger partial charge in [-0.15, -0.1) is 0 Å². The molecule has 1 atom stereocenters. The molecule has 5 rings (SSSR count). The van der Waals surface area contributed by atoms with E-state index in [1.54, 1.807) is 24.3 Å². The van der Waals surface area contributed by atoms with Gasteiger partial charge < -0.3 is 15.4 Å². The molecule has 1 saturated heterocycles. The minimum absolute atomic E-state index is 0.240. The fraction of sp³-hybridized carbons (Fsp3) is 0.192. The van der Waals surface area contributed by atoms with E-state index >= 15 is 0 Å². The number of carbonyl (C=O) groups is 3. The van der Waals surface area contributed by atoms with Gasteiger partial charge in [-0.1, -0.05) is 78.9 Å². The number of ether oxygens (including phenoxy) is 1. The van der Waals surface area contributed by atoms with Crippen LogP contribution in [0.15, 0.2) is 84.9 Å². The average molecular weight is 441 g/mol. The van der Waals surface area contributed by atoms with Gasteiger partial charge in [0.2, 0.25) is 5.91 Å². The second-order valence-corrected chi connectivity index (χ2v) is 8.10. The molecular formula is C26H23N3O4. The highest BCUT2D eigenvalue weighted by atomic mass is 16.5. The standard InChI is InChI=1S/C26H23N3O4/c30-23(27-21-15-16-33-22-14-8-7-13-20(21)22)17-29-24(31)26(28-25(29)32,18-9-3-1-4-10-18)19-11-5-2-6-12-19/h1-14,21H,15-17H2,(H,27,30)(H,28,32). The summed E-state index contributed by atoms with van der Waals surface area (Å²) in [4.78, 5) is 40.6. The lowest BCUT2D eigenvalue weighted by molar-refractivity contribution is -0.134. The van der Waals surface area contributed by atoms with Crippen LogP contribution in [0.25, 0.3) is 0 Å². The largest absolute Gasteiger partial charge is 0.493 e. The Morgan fingerprint density at radius 3 is 2.21 bits per heavy atom. The number of imide groups is 1. The van der Waals surface area contributed by atoms with Crippen molar-refractivity contribution in [3.8, 4) is 5.75 Å². The number of hydrogen-bond acceptors (Lipinski definition) is 4. The normalized spacial score (nSPS) is 18.8. The van der Waals surface area contributed by atoms with Crippen LogP contribution in [-0.4, -0.2) is 35.9 Å². The van der Waals surface area contributed by atoms with Crippen LogP contribution in [0.2, 0.25) is 0 Å². The van der Waals surface area contributed by atoms with E-state index in [4.69, 9.17) is 4.74 Å². The highest BCUT2D eigenvalue weighted by Gasteiger charge is 2.54. The molecule has 3 aromatic carbocycles. The van der Waals surface area contributed by atoms with Gasteiger partial charge in [0.05, 0.1) is 12.6 Å². The smallest absolute Gasteiger partial charge is 0.326 e. The van der Waals surface area contributed by atoms with Gasteiger partial charge in [0, 0.05) is 12.0 Å². The molecular weight excluding hydrogens is 418 g/mol. The lowest BCUT2D eigenvalue weighted by atomic mass is 9.82. The number of fused-ring (bicyclic) bond motifs is 1. The molecule has 166 valence electrons. The van der Waals surface area contributed by atoms with Gasteiger partial charge in [-0.25, -0.2) is 4.79 Å². The summed E-state index contributed by atoms with van der Waals surface area (Å²) in [5.41, 5.74) is 0.773. The molecule has 7 heteroatoms. The van der Waals surface area contributed by atoms with Crippen LogP contribution in [0.3, 0.4) is 0 Å². The first-order chi connectivity index (χ1) is 16.1. The number of amides is 4. The maximum Gasteiger partial charge on any atom is 0.326 e. The van der Waals surface area contributed by atoms with Crippen LogP contribution >= 0.6 is 0 Å². The number of carbonyl (C=O) groups excluding carboxylic acids is 3. The molecule has 2 aliphatic heterocycles. The second kappa shape index (κ2) is 8.43. The minimum Gasteiger partial charge on any atom is -0.493 e. The summed E-state index contributed by atoms with van der Waals surface area (Å²) in [5, 5.41) is 5.82. The van der Waals surface area contributed by atoms with Crippen molar-refractivity contribution in [1.82, 2.24) is 15.5 Å². The van der Waals surface area contributed by atoms with Gasteiger partial charge in [0.25, 0.3) is 5.91 Å². The summed E-state index contributed by atoms with van der Waals surface area (Å²) in [6, 6.07) is 24.8. The fourth-order valence-electron chi connectivity index (χ4n) is 4.53. The highest BCUT2D eigenvalue weighted by Crippen LogP contribution is 2.36. The van der Waals surface area contributed by atoms with Crippen molar-refractivity contribution < 1.29 is 19.1 Å². The number of rotatable bonds is 5. The maximum absolute atomic E-state index is 13.7. The van der Waals surface area contributed by atoms with Gasteiger partial charge in [0.15, 0.2) is 5.54 Å². The number of hydrogen-bond donors (Lipinski definition) is 2. The predicted octanol–water partition coefficient (Wildman–Crippen LogP) is 3.12. The Balaban J connectivity index is 1.41. The summed E-state index contributed by atoms with van der Waals surface area (Å²) >= 11 is 0. The van der Waals surface area contributed by atoms with Crippen LogP contribution in [0, 0.1) is 0 Å². The Morgan fingerprint density at radius 2 is 1.55 bits per heavy atom. The third-order valence-corrected chi connectivity index (χ3v) is 6.11. The molecule has 33 heavy (non-hydrogen) atoms. The predicted molar refractivity (Wildman–Crippen MR) is 121 cm³/mol. The third-order valence-electron chi connectivity index (χ3n) is 6.11.